The average molecular weight is 221 g/mol. The van der Waals surface area contributed by atoms with Crippen molar-refractivity contribution in [2.75, 3.05) is 5.32 Å². The summed E-state index contributed by atoms with van der Waals surface area (Å²) in [6, 6.07) is 5.87. The molecule has 0 bridgehead atoms. The van der Waals surface area contributed by atoms with Crippen molar-refractivity contribution in [3.63, 3.8) is 0 Å². The maximum absolute atomic E-state index is 13.1. The molecule has 1 nitrogen and oxygen atoms in total. The first-order chi connectivity index (χ1) is 7.70. The summed E-state index contributed by atoms with van der Waals surface area (Å²) in [5.41, 5.74) is 1.78. The van der Waals surface area contributed by atoms with Gasteiger partial charge in [-0.25, -0.2) is 4.39 Å². The van der Waals surface area contributed by atoms with Gasteiger partial charge in [-0.3, -0.25) is 0 Å². The van der Waals surface area contributed by atoms with Gasteiger partial charge in [0.25, 0.3) is 0 Å². The van der Waals surface area contributed by atoms with E-state index in [1.54, 1.807) is 6.07 Å². The van der Waals surface area contributed by atoms with Crippen LogP contribution in [0.4, 0.5) is 10.1 Å². The minimum atomic E-state index is -0.121. The van der Waals surface area contributed by atoms with E-state index in [0.29, 0.717) is 6.04 Å². The molecule has 1 saturated carbocycles. The van der Waals surface area contributed by atoms with Gasteiger partial charge in [-0.2, -0.15) is 0 Å². The number of hydrogen-bond acceptors (Lipinski definition) is 1. The summed E-state index contributed by atoms with van der Waals surface area (Å²) in [4.78, 5) is 0. The van der Waals surface area contributed by atoms with Crippen LogP contribution < -0.4 is 5.32 Å². The van der Waals surface area contributed by atoms with Gasteiger partial charge >= 0.3 is 0 Å². The summed E-state index contributed by atoms with van der Waals surface area (Å²) >= 11 is 0. The molecule has 1 aliphatic carbocycles. The summed E-state index contributed by atoms with van der Waals surface area (Å²) in [5, 5.41) is 3.54. The lowest BCUT2D eigenvalue weighted by molar-refractivity contribution is 0.489. The largest absolute Gasteiger partial charge is 0.382 e. The molecule has 1 aliphatic rings. The monoisotopic (exact) mass is 221 g/mol. The molecule has 0 aliphatic heterocycles. The lowest BCUT2D eigenvalue weighted by Crippen LogP contribution is -2.23. The maximum atomic E-state index is 13.1. The molecule has 0 aromatic heterocycles. The minimum Gasteiger partial charge on any atom is -0.382 e. The van der Waals surface area contributed by atoms with Crippen LogP contribution in [0.3, 0.4) is 0 Å². The zero-order valence-electron chi connectivity index (χ0n) is 10.1. The number of hydrogen-bond donors (Lipinski definition) is 1. The Morgan fingerprint density at radius 3 is 2.88 bits per heavy atom. The molecule has 2 unspecified atom stereocenters. The van der Waals surface area contributed by atoms with E-state index in [2.05, 4.69) is 12.2 Å². The van der Waals surface area contributed by atoms with Crippen LogP contribution in [-0.2, 0) is 0 Å². The smallest absolute Gasteiger partial charge is 0.126 e. The van der Waals surface area contributed by atoms with Crippen molar-refractivity contribution in [1.82, 2.24) is 0 Å². The number of anilines is 1. The molecule has 2 rings (SSSR count). The Balaban J connectivity index is 2.05. The zero-order valence-corrected chi connectivity index (χ0v) is 10.1. The number of halogens is 1. The van der Waals surface area contributed by atoms with Crippen LogP contribution in [0.1, 0.15) is 38.2 Å². The van der Waals surface area contributed by atoms with Crippen molar-refractivity contribution in [3.05, 3.63) is 29.6 Å². The lowest BCUT2D eigenvalue weighted by atomic mass is 10.0. The van der Waals surface area contributed by atoms with Crippen LogP contribution >= 0.6 is 0 Å². The highest BCUT2D eigenvalue weighted by Crippen LogP contribution is 2.30. The van der Waals surface area contributed by atoms with Gasteiger partial charge in [-0.15, -0.1) is 0 Å². The van der Waals surface area contributed by atoms with E-state index >= 15 is 0 Å². The summed E-state index contributed by atoms with van der Waals surface area (Å²) < 4.78 is 13.1. The topological polar surface area (TPSA) is 12.0 Å². The third-order valence-electron chi connectivity index (χ3n) is 3.69. The van der Waals surface area contributed by atoms with E-state index in [1.165, 1.54) is 25.7 Å². The van der Waals surface area contributed by atoms with Crippen molar-refractivity contribution in [3.8, 4) is 0 Å². The second-order valence-electron chi connectivity index (χ2n) is 4.81. The van der Waals surface area contributed by atoms with Gasteiger partial charge in [0.15, 0.2) is 0 Å². The molecule has 0 radical (unpaired) electrons. The Morgan fingerprint density at radius 2 is 2.19 bits per heavy atom. The molecule has 0 heterocycles. The molecule has 1 aromatic rings. The third kappa shape index (κ3) is 2.37. The normalized spacial score (nSPS) is 24.7. The second-order valence-corrected chi connectivity index (χ2v) is 4.81. The van der Waals surface area contributed by atoms with E-state index in [-0.39, 0.29) is 5.82 Å². The second kappa shape index (κ2) is 4.86. The van der Waals surface area contributed by atoms with Gasteiger partial charge < -0.3 is 5.32 Å². The summed E-state index contributed by atoms with van der Waals surface area (Å²) in [5.74, 6) is 0.661. The molecule has 16 heavy (non-hydrogen) atoms. The predicted molar refractivity (Wildman–Crippen MR) is 66.2 cm³/mol. The van der Waals surface area contributed by atoms with E-state index in [1.807, 2.05) is 19.1 Å². The fraction of sp³-hybridized carbons (Fsp3) is 0.571. The molecule has 2 atom stereocenters. The molecular formula is C14H20FN. The maximum Gasteiger partial charge on any atom is 0.126 e. The van der Waals surface area contributed by atoms with Gasteiger partial charge in [0, 0.05) is 11.7 Å². The first-order valence-electron chi connectivity index (χ1n) is 6.23. The van der Waals surface area contributed by atoms with E-state index in [9.17, 15) is 4.39 Å². The Hall–Kier alpha value is -1.05. The van der Waals surface area contributed by atoms with Crippen LogP contribution in [0, 0.1) is 18.7 Å². The standard InChI is InChI=1S/C14H20FN/c1-3-11-5-4-6-14(11)16-12-7-8-13(15)10(2)9-12/h7-9,11,14,16H,3-6H2,1-2H3. The number of nitrogens with one attached hydrogen (secondary N) is 1. The highest BCUT2D eigenvalue weighted by atomic mass is 19.1. The van der Waals surface area contributed by atoms with Crippen LogP contribution in [0.2, 0.25) is 0 Å². The van der Waals surface area contributed by atoms with Crippen LogP contribution in [0.25, 0.3) is 0 Å². The predicted octanol–water partition coefficient (Wildman–Crippen LogP) is 4.12. The molecule has 1 fully saturated rings. The zero-order chi connectivity index (χ0) is 11.5. The number of rotatable bonds is 3. The molecular weight excluding hydrogens is 201 g/mol. The van der Waals surface area contributed by atoms with Crippen LogP contribution in [0.5, 0.6) is 0 Å². The van der Waals surface area contributed by atoms with E-state index in [4.69, 9.17) is 0 Å². The first-order valence-corrected chi connectivity index (χ1v) is 6.23. The molecule has 0 amide bonds. The van der Waals surface area contributed by atoms with Gasteiger partial charge in [0.2, 0.25) is 0 Å². The van der Waals surface area contributed by atoms with Crippen molar-refractivity contribution in [2.45, 2.75) is 45.6 Å². The molecule has 88 valence electrons. The quantitative estimate of drug-likeness (QED) is 0.809. The van der Waals surface area contributed by atoms with Gasteiger partial charge in [-0.1, -0.05) is 19.8 Å². The fourth-order valence-electron chi connectivity index (χ4n) is 2.66. The van der Waals surface area contributed by atoms with E-state index in [0.717, 1.165) is 17.2 Å². The number of aryl methyl sites for hydroxylation is 1. The lowest BCUT2D eigenvalue weighted by Gasteiger charge is -2.21. The summed E-state index contributed by atoms with van der Waals surface area (Å²) in [6.07, 6.45) is 5.12. The fourth-order valence-corrected chi connectivity index (χ4v) is 2.66. The molecule has 0 spiro atoms. The Labute approximate surface area is 97.1 Å². The van der Waals surface area contributed by atoms with E-state index < -0.39 is 0 Å². The van der Waals surface area contributed by atoms with Crippen molar-refractivity contribution < 1.29 is 4.39 Å². The van der Waals surface area contributed by atoms with Crippen LogP contribution in [0.15, 0.2) is 18.2 Å². The summed E-state index contributed by atoms with van der Waals surface area (Å²) in [7, 11) is 0. The molecule has 1 aromatic carbocycles. The van der Waals surface area contributed by atoms with Gasteiger partial charge in [0.05, 0.1) is 0 Å². The summed E-state index contributed by atoms with van der Waals surface area (Å²) in [6.45, 7) is 4.06. The highest BCUT2D eigenvalue weighted by Gasteiger charge is 2.25. The average Bonchev–Trinajstić information content (AvgIpc) is 2.71. The van der Waals surface area contributed by atoms with Crippen LogP contribution in [-0.4, -0.2) is 6.04 Å². The Bertz CT molecular complexity index is 362. The minimum absolute atomic E-state index is 0.121. The molecule has 2 heteroatoms. The third-order valence-corrected chi connectivity index (χ3v) is 3.69. The van der Waals surface area contributed by atoms with Gasteiger partial charge in [-0.05, 0) is 49.4 Å². The molecule has 1 N–H and O–H groups in total. The van der Waals surface area contributed by atoms with Crippen molar-refractivity contribution in [2.24, 2.45) is 5.92 Å². The van der Waals surface area contributed by atoms with Gasteiger partial charge in [0.1, 0.15) is 5.82 Å². The SMILES string of the molecule is CCC1CCCC1Nc1ccc(F)c(C)c1. The Morgan fingerprint density at radius 1 is 1.38 bits per heavy atom. The molecule has 0 saturated heterocycles. The van der Waals surface area contributed by atoms with Crippen molar-refractivity contribution in [1.29, 1.82) is 0 Å². The van der Waals surface area contributed by atoms with Crippen molar-refractivity contribution >= 4 is 5.69 Å². The first kappa shape index (κ1) is 11.4. The number of benzene rings is 1. The Kier molecular flexibility index (Phi) is 3.47. The highest BCUT2D eigenvalue weighted by molar-refractivity contribution is 5.47.